The number of hydrogen-bond acceptors (Lipinski definition) is 5. The van der Waals surface area contributed by atoms with Gasteiger partial charge in [-0.3, -0.25) is 4.90 Å². The molecule has 29 heavy (non-hydrogen) atoms. The monoisotopic (exact) mass is 448 g/mol. The highest BCUT2D eigenvalue weighted by Crippen LogP contribution is 2.33. The summed E-state index contributed by atoms with van der Waals surface area (Å²) in [6, 6.07) is 15.8. The van der Waals surface area contributed by atoms with Crippen molar-refractivity contribution in [3.05, 3.63) is 54.2 Å². The number of aromatic nitrogens is 2. The highest BCUT2D eigenvalue weighted by atomic mass is 35.5. The van der Waals surface area contributed by atoms with Gasteiger partial charge in [0.05, 0.1) is 10.2 Å². The van der Waals surface area contributed by atoms with Crippen LogP contribution in [-0.2, 0) is 6.54 Å². The van der Waals surface area contributed by atoms with E-state index in [4.69, 9.17) is 4.74 Å². The average Bonchev–Trinajstić information content (AvgIpc) is 3.45. The zero-order valence-corrected chi connectivity index (χ0v) is 18.1. The van der Waals surface area contributed by atoms with Crippen LogP contribution in [0.25, 0.3) is 21.1 Å². The Kier molecular flexibility index (Phi) is 5.73. The van der Waals surface area contributed by atoms with Crippen molar-refractivity contribution in [3.8, 4) is 10.9 Å². The Morgan fingerprint density at radius 2 is 2.07 bits per heavy atom. The molecule has 6 rings (SSSR count). The lowest BCUT2D eigenvalue weighted by atomic mass is 10.1. The van der Waals surface area contributed by atoms with Crippen molar-refractivity contribution in [3.63, 3.8) is 0 Å². The third-order valence-electron chi connectivity index (χ3n) is 5.76. The quantitative estimate of drug-likeness (QED) is 0.463. The first kappa shape index (κ1) is 20.4. The molecule has 0 amide bonds. The van der Waals surface area contributed by atoms with Crippen LogP contribution >= 0.6 is 36.2 Å². The topological polar surface area (TPSA) is 53.2 Å². The molecule has 2 aromatic heterocycles. The minimum atomic E-state index is 0. The standard InChI is InChI=1S/C21H20N4OS.2ClH/c1-2-4-20-18(3-1)24-21(27-20)26-16-5-6-17-13(9-23-19(17)8-16)11-25-12-14-7-15(25)10-22-14;;/h1-6,8-9,14-15,22-23H,7,10-12H2;2*1H. The van der Waals surface area contributed by atoms with Gasteiger partial charge < -0.3 is 15.0 Å². The molecule has 2 bridgehead atoms. The summed E-state index contributed by atoms with van der Waals surface area (Å²) in [5.41, 5.74) is 3.46. The SMILES string of the molecule is Cl.Cl.c1ccc2sc(Oc3ccc4c(CN5CC6CC5CN6)c[nH]c4c3)nc2c1. The first-order valence-corrected chi connectivity index (χ1v) is 10.2. The Balaban J connectivity index is 0.00000102. The van der Waals surface area contributed by atoms with Crippen molar-refractivity contribution in [2.45, 2.75) is 25.0 Å². The summed E-state index contributed by atoms with van der Waals surface area (Å²) >= 11 is 1.57. The van der Waals surface area contributed by atoms with Gasteiger partial charge in [0.25, 0.3) is 5.19 Å². The summed E-state index contributed by atoms with van der Waals surface area (Å²) in [5.74, 6) is 0.819. The molecule has 2 fully saturated rings. The van der Waals surface area contributed by atoms with Crippen molar-refractivity contribution in [1.29, 1.82) is 0 Å². The molecule has 4 heterocycles. The maximum Gasteiger partial charge on any atom is 0.279 e. The molecule has 2 N–H and O–H groups in total. The van der Waals surface area contributed by atoms with Crippen LogP contribution in [0.2, 0.25) is 0 Å². The third kappa shape index (κ3) is 3.71. The second-order valence-corrected chi connectivity index (χ2v) is 8.49. The molecule has 2 aliphatic rings. The summed E-state index contributed by atoms with van der Waals surface area (Å²) in [4.78, 5) is 10.6. The number of fused-ring (bicyclic) bond motifs is 4. The molecule has 4 aromatic rings. The predicted octanol–water partition coefficient (Wildman–Crippen LogP) is 4.96. The number of hydrogen-bond donors (Lipinski definition) is 2. The molecular formula is C21H22Cl2N4OS. The number of benzene rings is 2. The molecule has 8 heteroatoms. The van der Waals surface area contributed by atoms with Gasteiger partial charge in [0, 0.05) is 54.9 Å². The van der Waals surface area contributed by atoms with Crippen LogP contribution < -0.4 is 10.1 Å². The Hall–Kier alpha value is -1.83. The summed E-state index contributed by atoms with van der Waals surface area (Å²) in [5, 5.41) is 5.54. The number of H-pyrrole nitrogens is 1. The van der Waals surface area contributed by atoms with Crippen LogP contribution in [0.3, 0.4) is 0 Å². The van der Waals surface area contributed by atoms with E-state index in [2.05, 4.69) is 44.6 Å². The minimum absolute atomic E-state index is 0. The Morgan fingerprint density at radius 3 is 2.86 bits per heavy atom. The molecular weight excluding hydrogens is 427 g/mol. The van der Waals surface area contributed by atoms with Gasteiger partial charge in [0.15, 0.2) is 0 Å². The van der Waals surface area contributed by atoms with Crippen LogP contribution in [0.4, 0.5) is 0 Å². The van der Waals surface area contributed by atoms with E-state index >= 15 is 0 Å². The largest absolute Gasteiger partial charge is 0.431 e. The van der Waals surface area contributed by atoms with Crippen molar-refractivity contribution >= 4 is 57.3 Å². The molecule has 0 saturated carbocycles. The van der Waals surface area contributed by atoms with Crippen LogP contribution in [0.1, 0.15) is 12.0 Å². The lowest BCUT2D eigenvalue weighted by molar-refractivity contribution is 0.218. The smallest absolute Gasteiger partial charge is 0.279 e. The number of nitrogens with zero attached hydrogens (tertiary/aromatic N) is 2. The number of nitrogens with one attached hydrogen (secondary N) is 2. The Bertz CT molecular complexity index is 1110. The van der Waals surface area contributed by atoms with E-state index < -0.39 is 0 Å². The molecule has 0 radical (unpaired) electrons. The summed E-state index contributed by atoms with van der Waals surface area (Å²) in [7, 11) is 0. The maximum atomic E-state index is 6.02. The van der Waals surface area contributed by atoms with E-state index in [1.165, 1.54) is 17.4 Å². The van der Waals surface area contributed by atoms with Crippen LogP contribution in [0.15, 0.2) is 48.7 Å². The van der Waals surface area contributed by atoms with Crippen LogP contribution in [0, 0.1) is 0 Å². The molecule has 2 aliphatic heterocycles. The van der Waals surface area contributed by atoms with Gasteiger partial charge >= 0.3 is 0 Å². The fourth-order valence-electron chi connectivity index (χ4n) is 4.41. The second-order valence-electron chi connectivity index (χ2n) is 7.50. The number of para-hydroxylation sites is 1. The van der Waals surface area contributed by atoms with E-state index in [-0.39, 0.29) is 24.8 Å². The van der Waals surface area contributed by atoms with Crippen molar-refractivity contribution < 1.29 is 4.74 Å². The van der Waals surface area contributed by atoms with E-state index in [1.54, 1.807) is 11.3 Å². The lowest BCUT2D eigenvalue weighted by Gasteiger charge is -2.26. The van der Waals surface area contributed by atoms with Gasteiger partial charge in [-0.05, 0) is 36.2 Å². The highest BCUT2D eigenvalue weighted by Gasteiger charge is 2.37. The highest BCUT2D eigenvalue weighted by molar-refractivity contribution is 7.20. The zero-order valence-electron chi connectivity index (χ0n) is 15.6. The van der Waals surface area contributed by atoms with E-state index in [0.717, 1.165) is 41.1 Å². The third-order valence-corrected chi connectivity index (χ3v) is 6.68. The Labute approximate surface area is 185 Å². The number of thiazole rings is 1. The van der Waals surface area contributed by atoms with Gasteiger partial charge in [0.2, 0.25) is 0 Å². The first-order valence-electron chi connectivity index (χ1n) is 9.43. The Morgan fingerprint density at radius 1 is 1.17 bits per heavy atom. The van der Waals surface area contributed by atoms with Gasteiger partial charge in [-0.2, -0.15) is 0 Å². The number of ether oxygens (including phenoxy) is 1. The lowest BCUT2D eigenvalue weighted by Crippen LogP contribution is -2.42. The van der Waals surface area contributed by atoms with Crippen LogP contribution in [-0.4, -0.2) is 40.0 Å². The first-order chi connectivity index (χ1) is 13.3. The second kappa shape index (κ2) is 8.13. The molecule has 2 atom stereocenters. The predicted molar refractivity (Wildman–Crippen MR) is 123 cm³/mol. The molecule has 2 aromatic carbocycles. The molecule has 0 aliphatic carbocycles. The molecule has 2 saturated heterocycles. The van der Waals surface area contributed by atoms with Gasteiger partial charge in [-0.15, -0.1) is 24.8 Å². The summed E-state index contributed by atoms with van der Waals surface area (Å²) in [6.07, 6.45) is 3.44. The van der Waals surface area contributed by atoms with E-state index in [1.807, 2.05) is 24.3 Å². The fraction of sp³-hybridized carbons (Fsp3) is 0.286. The van der Waals surface area contributed by atoms with Gasteiger partial charge in [-0.25, -0.2) is 4.98 Å². The maximum absolute atomic E-state index is 6.02. The molecule has 2 unspecified atom stereocenters. The van der Waals surface area contributed by atoms with Gasteiger partial charge in [-0.1, -0.05) is 23.5 Å². The number of aromatic amines is 1. The molecule has 5 nitrogen and oxygen atoms in total. The minimum Gasteiger partial charge on any atom is -0.431 e. The van der Waals surface area contributed by atoms with Crippen LogP contribution in [0.5, 0.6) is 10.9 Å². The summed E-state index contributed by atoms with van der Waals surface area (Å²) < 4.78 is 7.17. The fourth-order valence-corrected chi connectivity index (χ4v) is 5.25. The number of likely N-dealkylation sites (tertiary alicyclic amines) is 1. The van der Waals surface area contributed by atoms with Crippen molar-refractivity contribution in [1.82, 2.24) is 20.2 Å². The van der Waals surface area contributed by atoms with Gasteiger partial charge in [0.1, 0.15) is 5.75 Å². The average molecular weight is 449 g/mol. The number of halogens is 2. The molecule has 152 valence electrons. The zero-order chi connectivity index (χ0) is 17.8. The summed E-state index contributed by atoms with van der Waals surface area (Å²) in [6.45, 7) is 3.31. The van der Waals surface area contributed by atoms with E-state index in [0.29, 0.717) is 17.3 Å². The number of piperazine rings is 1. The van der Waals surface area contributed by atoms with Crippen molar-refractivity contribution in [2.75, 3.05) is 13.1 Å². The molecule has 0 spiro atoms. The van der Waals surface area contributed by atoms with E-state index in [9.17, 15) is 0 Å². The van der Waals surface area contributed by atoms with Crippen molar-refractivity contribution in [2.24, 2.45) is 0 Å². The number of rotatable bonds is 4. The normalized spacial score (nSPS) is 20.7.